The topological polar surface area (TPSA) is 23.9 Å². The first-order valence-corrected chi connectivity index (χ1v) is 3.25. The van der Waals surface area contributed by atoms with Crippen LogP contribution in [-0.4, -0.2) is 0 Å². The summed E-state index contributed by atoms with van der Waals surface area (Å²) in [4.78, 5) is 1.05. The van der Waals surface area contributed by atoms with E-state index in [0.717, 1.165) is 4.90 Å². The summed E-state index contributed by atoms with van der Waals surface area (Å²) < 4.78 is 6.92. The molecule has 0 saturated heterocycles. The molecule has 0 spiro atoms. The maximum Gasteiger partial charge on any atom is 0.0151 e. The maximum atomic E-state index is 6.92. The summed E-state index contributed by atoms with van der Waals surface area (Å²) in [5, 5.41) is 0. The Morgan fingerprint density at radius 3 is 2.12 bits per heavy atom. The molecular weight excluding hydrogens is 118 g/mol. The summed E-state index contributed by atoms with van der Waals surface area (Å²) in [6, 6.07) is 9.71. The van der Waals surface area contributed by atoms with Crippen LogP contribution in [0.25, 0.3) is 0 Å². The summed E-state index contributed by atoms with van der Waals surface area (Å²) in [5.41, 5.74) is 0. The third-order valence-electron chi connectivity index (χ3n) is 0.885. The van der Waals surface area contributed by atoms with Gasteiger partial charge < -0.3 is 0 Å². The molecule has 0 atom stereocenters. The molecule has 0 bridgehead atoms. The fraction of sp³-hybridized carbons (Fsp3) is 0. The number of nitrogens with one attached hydrogen (secondary N) is 1. The van der Waals surface area contributed by atoms with E-state index in [9.17, 15) is 0 Å². The molecule has 0 aliphatic heterocycles. The number of hydrogen-bond donors (Lipinski definition) is 2. The Hall–Kier alpha value is -0.630. The summed E-state index contributed by atoms with van der Waals surface area (Å²) in [5.74, 6) is 0. The van der Waals surface area contributed by atoms with Gasteiger partial charge >= 0.3 is 0 Å². The average molecular weight is 125 g/mol. The normalized spacial score (nSPS) is 9.00. The van der Waals surface area contributed by atoms with E-state index in [1.54, 1.807) is 0 Å². The lowest BCUT2D eigenvalue weighted by Gasteiger charge is -1.84. The Labute approximate surface area is 52.3 Å². The van der Waals surface area contributed by atoms with Crippen molar-refractivity contribution < 1.29 is 0 Å². The second kappa shape index (κ2) is 2.62. The van der Waals surface area contributed by atoms with Gasteiger partial charge in [-0.15, -0.1) is 0 Å². The van der Waals surface area contributed by atoms with Crippen LogP contribution in [0.1, 0.15) is 0 Å². The van der Waals surface area contributed by atoms with E-state index in [1.807, 2.05) is 30.3 Å². The van der Waals surface area contributed by atoms with Crippen molar-refractivity contribution >= 4 is 11.6 Å². The van der Waals surface area contributed by atoms with Crippen LogP contribution >= 0.6 is 0 Å². The third kappa shape index (κ3) is 1.17. The van der Waals surface area contributed by atoms with Crippen LogP contribution in [0, 0.1) is 4.78 Å². The number of hydrogen-bond acceptors (Lipinski definition) is 1. The molecule has 1 aromatic rings. The van der Waals surface area contributed by atoms with E-state index in [0.29, 0.717) is 11.6 Å². The van der Waals surface area contributed by atoms with E-state index in [1.165, 1.54) is 0 Å². The molecule has 42 valence electrons. The van der Waals surface area contributed by atoms with E-state index in [2.05, 4.69) is 0 Å². The molecule has 1 nitrogen and oxygen atoms in total. The van der Waals surface area contributed by atoms with Crippen molar-refractivity contribution in [1.29, 1.82) is 4.78 Å². The van der Waals surface area contributed by atoms with Crippen LogP contribution < -0.4 is 0 Å². The van der Waals surface area contributed by atoms with Gasteiger partial charge in [0.1, 0.15) is 0 Å². The quantitative estimate of drug-likeness (QED) is 0.533. The Bertz CT molecular complexity index is 171. The molecule has 0 saturated carbocycles. The maximum absolute atomic E-state index is 6.92. The minimum Gasteiger partial charge on any atom is -0.279 e. The fourth-order valence-electron chi connectivity index (χ4n) is 0.503. The minimum absolute atomic E-state index is 0.599. The Morgan fingerprint density at radius 1 is 1.12 bits per heavy atom. The summed E-state index contributed by atoms with van der Waals surface area (Å²) in [6.07, 6.45) is 0. The molecule has 1 rings (SSSR count). The number of rotatable bonds is 1. The van der Waals surface area contributed by atoms with E-state index in [4.69, 9.17) is 4.78 Å². The van der Waals surface area contributed by atoms with Crippen molar-refractivity contribution in [2.75, 3.05) is 0 Å². The molecule has 2 heteroatoms. The van der Waals surface area contributed by atoms with Crippen molar-refractivity contribution in [3.8, 4) is 0 Å². The van der Waals surface area contributed by atoms with E-state index < -0.39 is 0 Å². The number of benzene rings is 1. The van der Waals surface area contributed by atoms with Gasteiger partial charge in [-0.2, -0.15) is 0 Å². The lowest BCUT2D eigenvalue weighted by Crippen LogP contribution is -1.66. The van der Waals surface area contributed by atoms with E-state index >= 15 is 0 Å². The van der Waals surface area contributed by atoms with Gasteiger partial charge in [-0.3, -0.25) is 4.78 Å². The van der Waals surface area contributed by atoms with Crippen molar-refractivity contribution in [3.05, 3.63) is 30.3 Å². The predicted octanol–water partition coefficient (Wildman–Crippen LogP) is 1.62. The van der Waals surface area contributed by atoms with E-state index in [-0.39, 0.29) is 0 Å². The Kier molecular flexibility index (Phi) is 1.80. The monoisotopic (exact) mass is 125 g/mol. The van der Waals surface area contributed by atoms with Gasteiger partial charge in [0.05, 0.1) is 0 Å². The molecular formula is C6H7NS. The predicted molar refractivity (Wildman–Crippen MR) is 36.2 cm³/mol. The van der Waals surface area contributed by atoms with Crippen LogP contribution in [0.15, 0.2) is 35.2 Å². The standard InChI is InChI=1S/C6H7NS/c7-8-6-4-2-1-3-5-6/h1-5,7-8H. The van der Waals surface area contributed by atoms with Crippen molar-refractivity contribution in [2.45, 2.75) is 4.90 Å². The molecule has 1 aromatic carbocycles. The molecule has 0 fully saturated rings. The SMILES string of the molecule is N=[SH]c1ccccc1. The van der Waals surface area contributed by atoms with Gasteiger partial charge in [-0.05, 0) is 12.1 Å². The first-order valence-electron chi connectivity index (χ1n) is 2.36. The Morgan fingerprint density at radius 2 is 1.75 bits per heavy atom. The first-order chi connectivity index (χ1) is 3.93. The van der Waals surface area contributed by atoms with Crippen LogP contribution in [0.2, 0.25) is 0 Å². The van der Waals surface area contributed by atoms with Gasteiger partial charge in [0.25, 0.3) is 0 Å². The zero-order chi connectivity index (χ0) is 5.82. The highest BCUT2D eigenvalue weighted by molar-refractivity contribution is 7.66. The zero-order valence-electron chi connectivity index (χ0n) is 4.33. The molecule has 0 aliphatic carbocycles. The number of thiol groups is 1. The Balaban J connectivity index is 2.99. The molecule has 1 N–H and O–H groups in total. The fourth-order valence-corrected chi connectivity index (χ4v) is 0.824. The lowest BCUT2D eigenvalue weighted by molar-refractivity contribution is 1.45. The molecule has 0 heterocycles. The van der Waals surface area contributed by atoms with Gasteiger partial charge in [0, 0.05) is 4.90 Å². The first kappa shape index (κ1) is 5.51. The van der Waals surface area contributed by atoms with Crippen LogP contribution in [0.5, 0.6) is 0 Å². The summed E-state index contributed by atoms with van der Waals surface area (Å²) in [6.45, 7) is 0. The highest BCUT2D eigenvalue weighted by atomic mass is 32.1. The van der Waals surface area contributed by atoms with Crippen molar-refractivity contribution in [3.63, 3.8) is 0 Å². The van der Waals surface area contributed by atoms with Gasteiger partial charge in [0.2, 0.25) is 0 Å². The van der Waals surface area contributed by atoms with Crippen molar-refractivity contribution in [1.82, 2.24) is 0 Å². The molecule has 0 amide bonds. The second-order valence-electron chi connectivity index (χ2n) is 1.45. The van der Waals surface area contributed by atoms with Gasteiger partial charge in [-0.1, -0.05) is 29.8 Å². The second-order valence-corrected chi connectivity index (χ2v) is 2.19. The summed E-state index contributed by atoms with van der Waals surface area (Å²) in [7, 11) is 0. The van der Waals surface area contributed by atoms with Crippen LogP contribution in [0.4, 0.5) is 0 Å². The smallest absolute Gasteiger partial charge is 0.0151 e. The third-order valence-corrected chi connectivity index (χ3v) is 1.44. The molecule has 0 unspecified atom stereocenters. The molecule has 8 heavy (non-hydrogen) atoms. The lowest BCUT2D eigenvalue weighted by atomic mass is 10.4. The van der Waals surface area contributed by atoms with Crippen molar-refractivity contribution in [2.24, 2.45) is 0 Å². The van der Waals surface area contributed by atoms with Crippen LogP contribution in [0.3, 0.4) is 0 Å². The zero-order valence-corrected chi connectivity index (χ0v) is 5.23. The highest BCUT2D eigenvalue weighted by Gasteiger charge is 1.76. The molecule has 0 aliphatic rings. The largest absolute Gasteiger partial charge is 0.279 e. The highest BCUT2D eigenvalue weighted by Crippen LogP contribution is 1.95. The molecule has 0 radical (unpaired) electrons. The van der Waals surface area contributed by atoms with Crippen LogP contribution in [-0.2, 0) is 11.6 Å². The van der Waals surface area contributed by atoms with Gasteiger partial charge in [0.15, 0.2) is 0 Å². The minimum atomic E-state index is 0.599. The molecule has 0 aromatic heterocycles. The average Bonchev–Trinajstić information content (AvgIpc) is 1.90. The summed E-state index contributed by atoms with van der Waals surface area (Å²) >= 11 is 0.599. The van der Waals surface area contributed by atoms with Gasteiger partial charge in [-0.25, -0.2) is 0 Å².